The van der Waals surface area contributed by atoms with Gasteiger partial charge in [0.25, 0.3) is 0 Å². The third-order valence-electron chi connectivity index (χ3n) is 5.93. The van der Waals surface area contributed by atoms with Crippen LogP contribution in [0.2, 0.25) is 6.32 Å². The topological polar surface area (TPSA) is 55.4 Å². The predicted octanol–water partition coefficient (Wildman–Crippen LogP) is 4.63. The molecule has 4 nitrogen and oxygen atoms in total. The molecule has 0 fully saturated rings. The van der Waals surface area contributed by atoms with Crippen molar-refractivity contribution in [3.63, 3.8) is 0 Å². The Morgan fingerprint density at radius 1 is 1.20 bits per heavy atom. The molecule has 2 atom stereocenters. The van der Waals surface area contributed by atoms with E-state index in [1.165, 1.54) is 0 Å². The number of hydrogen-bond donors (Lipinski definition) is 1. The highest BCUT2D eigenvalue weighted by Gasteiger charge is 2.40. The van der Waals surface area contributed by atoms with Crippen molar-refractivity contribution in [2.24, 2.45) is 0 Å². The van der Waals surface area contributed by atoms with Gasteiger partial charge in [0.15, 0.2) is 9.84 Å². The monoisotopic (exact) mass is 425 g/mol. The fourth-order valence-electron chi connectivity index (χ4n) is 4.38. The van der Waals surface area contributed by atoms with Crippen LogP contribution < -0.4 is 10.1 Å². The molecule has 0 spiro atoms. The molecular formula is C24H32BNO3S. The van der Waals surface area contributed by atoms with Crippen LogP contribution in [0.3, 0.4) is 0 Å². The molecule has 0 saturated carbocycles. The number of aryl methyl sites for hydroxylation is 1. The van der Waals surface area contributed by atoms with Gasteiger partial charge in [0.2, 0.25) is 0 Å². The minimum atomic E-state index is -3.48. The lowest BCUT2D eigenvalue weighted by molar-refractivity contribution is 0.331. The summed E-state index contributed by atoms with van der Waals surface area (Å²) in [6.45, 7) is 4.17. The molecule has 160 valence electrons. The van der Waals surface area contributed by atoms with Crippen LogP contribution in [0, 0.1) is 0 Å². The molecular weight excluding hydrogens is 393 g/mol. The van der Waals surface area contributed by atoms with E-state index in [1.807, 2.05) is 37.3 Å². The maximum Gasteiger partial charge on any atom is 0.180 e. The van der Waals surface area contributed by atoms with Crippen molar-refractivity contribution in [1.29, 1.82) is 0 Å². The van der Waals surface area contributed by atoms with Crippen molar-refractivity contribution < 1.29 is 13.2 Å². The Labute approximate surface area is 182 Å². The van der Waals surface area contributed by atoms with Gasteiger partial charge in [-0.2, -0.15) is 0 Å². The number of fused-ring (bicyclic) bond motifs is 1. The van der Waals surface area contributed by atoms with Crippen molar-refractivity contribution >= 4 is 17.7 Å². The first kappa shape index (κ1) is 22.9. The van der Waals surface area contributed by atoms with Crippen molar-refractivity contribution in [3.05, 3.63) is 59.2 Å². The van der Waals surface area contributed by atoms with E-state index in [1.54, 1.807) is 7.11 Å². The molecule has 0 aliphatic carbocycles. The van der Waals surface area contributed by atoms with E-state index in [0.717, 1.165) is 48.1 Å². The summed E-state index contributed by atoms with van der Waals surface area (Å²) in [6.07, 6.45) is 4.83. The van der Waals surface area contributed by atoms with Crippen molar-refractivity contribution in [3.8, 4) is 5.75 Å². The fourth-order valence-corrected chi connectivity index (χ4v) is 6.45. The van der Waals surface area contributed by atoms with Gasteiger partial charge in [0.1, 0.15) is 5.75 Å². The molecule has 1 N–H and O–H groups in total. The first-order chi connectivity index (χ1) is 14.3. The lowest BCUT2D eigenvalue weighted by Gasteiger charge is -2.33. The van der Waals surface area contributed by atoms with Gasteiger partial charge < -0.3 is 4.74 Å². The van der Waals surface area contributed by atoms with Crippen LogP contribution in [0.4, 0.5) is 0 Å². The van der Waals surface area contributed by atoms with Crippen LogP contribution in [-0.2, 0) is 16.3 Å². The summed E-state index contributed by atoms with van der Waals surface area (Å²) in [7, 11) is 3.85. The molecule has 1 aliphatic heterocycles. The zero-order valence-corrected chi connectivity index (χ0v) is 19.1. The minimum absolute atomic E-state index is 0.0823. The maximum absolute atomic E-state index is 13.6. The zero-order valence-electron chi connectivity index (χ0n) is 18.3. The third-order valence-corrected chi connectivity index (χ3v) is 7.97. The van der Waals surface area contributed by atoms with Gasteiger partial charge in [-0.3, -0.25) is 5.32 Å². The summed E-state index contributed by atoms with van der Waals surface area (Å²) in [5, 5.41) is 3.71. The molecule has 1 heterocycles. The number of unbranched alkanes of at least 4 members (excludes halogenated alkanes) is 1. The number of ether oxygens (including phenoxy) is 1. The number of rotatable bonds is 8. The predicted molar refractivity (Wildman–Crippen MR) is 123 cm³/mol. The maximum atomic E-state index is 13.6. The number of nitrogens with one attached hydrogen (secondary N) is 1. The number of methoxy groups -OCH3 is 1. The van der Waals surface area contributed by atoms with E-state index in [0.29, 0.717) is 17.6 Å². The first-order valence-electron chi connectivity index (χ1n) is 10.8. The zero-order chi connectivity index (χ0) is 21.8. The molecule has 0 amide bonds. The highest BCUT2D eigenvalue weighted by Crippen LogP contribution is 2.40. The van der Waals surface area contributed by atoms with Crippen molar-refractivity contribution in [2.45, 2.75) is 68.7 Å². The van der Waals surface area contributed by atoms with E-state index >= 15 is 0 Å². The van der Waals surface area contributed by atoms with Gasteiger partial charge in [0.05, 0.1) is 31.6 Å². The second-order valence-corrected chi connectivity index (χ2v) is 10.5. The van der Waals surface area contributed by atoms with Gasteiger partial charge in [-0.15, -0.1) is 0 Å². The highest BCUT2D eigenvalue weighted by molar-refractivity contribution is 7.91. The second kappa shape index (κ2) is 9.57. The molecule has 2 aromatic carbocycles. The van der Waals surface area contributed by atoms with E-state index in [2.05, 4.69) is 24.4 Å². The fraction of sp³-hybridized carbons (Fsp3) is 0.500. The first-order valence-corrected chi connectivity index (χ1v) is 12.4. The number of sulfone groups is 1. The molecule has 0 saturated heterocycles. The van der Waals surface area contributed by atoms with Crippen molar-refractivity contribution in [1.82, 2.24) is 5.32 Å². The van der Waals surface area contributed by atoms with Gasteiger partial charge in [0, 0.05) is 5.54 Å². The molecule has 1 aliphatic rings. The van der Waals surface area contributed by atoms with E-state index < -0.39 is 15.4 Å². The van der Waals surface area contributed by atoms with Gasteiger partial charge in [-0.05, 0) is 48.6 Å². The van der Waals surface area contributed by atoms with E-state index in [-0.39, 0.29) is 11.8 Å². The standard InChI is InChI=1S/C24H32BNO3S/c1-4-5-13-24(2)17-30(27,28)22-15-19(12-9-14-25)21(29-3)16-20(22)23(26-24)18-10-7-6-8-11-18/h6-8,10-11,15-16,23,26H,4-5,9,12-14,17H2,1-3H3/t23-,24-/m1/s1. The minimum Gasteiger partial charge on any atom is -0.496 e. The molecule has 3 rings (SSSR count). The summed E-state index contributed by atoms with van der Waals surface area (Å²) in [5.74, 6) is 0.802. The molecule has 6 heteroatoms. The van der Waals surface area contributed by atoms with Crippen LogP contribution in [-0.4, -0.2) is 34.7 Å². The summed E-state index contributed by atoms with van der Waals surface area (Å²) < 4.78 is 32.8. The Kier molecular flexibility index (Phi) is 7.30. The van der Waals surface area contributed by atoms with Gasteiger partial charge in [-0.25, -0.2) is 8.42 Å². The van der Waals surface area contributed by atoms with Crippen molar-refractivity contribution in [2.75, 3.05) is 12.9 Å². The molecule has 0 unspecified atom stereocenters. The Morgan fingerprint density at radius 3 is 2.57 bits per heavy atom. The SMILES string of the molecule is [B]CCCc1cc2c(cc1OC)[C@@H](c1ccccc1)N[C@](C)(CCCC)CS2(=O)=O. The Hall–Kier alpha value is -1.79. The quantitative estimate of drug-likeness (QED) is 0.627. The van der Waals surface area contributed by atoms with Crippen LogP contribution >= 0.6 is 0 Å². The number of benzene rings is 2. The molecule has 2 radical (unpaired) electrons. The average Bonchev–Trinajstić information content (AvgIpc) is 2.82. The summed E-state index contributed by atoms with van der Waals surface area (Å²) in [6, 6.07) is 13.6. The Bertz CT molecular complexity index is 962. The van der Waals surface area contributed by atoms with E-state index in [4.69, 9.17) is 12.6 Å². The summed E-state index contributed by atoms with van der Waals surface area (Å²) in [5.41, 5.74) is 2.19. The van der Waals surface area contributed by atoms with Crippen LogP contribution in [0.15, 0.2) is 47.4 Å². The lowest BCUT2D eigenvalue weighted by atomic mass is 9.90. The Balaban J connectivity index is 2.21. The lowest BCUT2D eigenvalue weighted by Crippen LogP contribution is -2.47. The molecule has 30 heavy (non-hydrogen) atoms. The molecule has 0 bridgehead atoms. The molecule has 0 aromatic heterocycles. The third kappa shape index (κ3) is 4.92. The summed E-state index contributed by atoms with van der Waals surface area (Å²) in [4.78, 5) is 0.414. The van der Waals surface area contributed by atoms with Gasteiger partial charge in [-0.1, -0.05) is 62.8 Å². The van der Waals surface area contributed by atoms with Crippen LogP contribution in [0.1, 0.15) is 62.3 Å². The smallest absolute Gasteiger partial charge is 0.180 e. The summed E-state index contributed by atoms with van der Waals surface area (Å²) >= 11 is 0. The van der Waals surface area contributed by atoms with Crippen LogP contribution in [0.5, 0.6) is 5.75 Å². The number of hydrogen-bond acceptors (Lipinski definition) is 4. The van der Waals surface area contributed by atoms with Gasteiger partial charge >= 0.3 is 0 Å². The molecule has 2 aromatic rings. The Morgan fingerprint density at radius 2 is 1.93 bits per heavy atom. The largest absolute Gasteiger partial charge is 0.496 e. The second-order valence-electron chi connectivity index (χ2n) is 8.51. The van der Waals surface area contributed by atoms with Crippen LogP contribution in [0.25, 0.3) is 0 Å². The highest BCUT2D eigenvalue weighted by atomic mass is 32.2. The van der Waals surface area contributed by atoms with E-state index in [9.17, 15) is 8.42 Å². The normalized spacial score (nSPS) is 22.8. The average molecular weight is 425 g/mol.